The fraction of sp³-hybridized carbons (Fsp3) is 0.407. The summed E-state index contributed by atoms with van der Waals surface area (Å²) < 4.78 is 11.0. The lowest BCUT2D eigenvalue weighted by Gasteiger charge is -2.30. The maximum absolute atomic E-state index is 13.5. The molecule has 1 saturated heterocycles. The third-order valence-electron chi connectivity index (χ3n) is 6.54. The van der Waals surface area contributed by atoms with E-state index >= 15 is 0 Å². The quantitative estimate of drug-likeness (QED) is 0.474. The first-order valence-corrected chi connectivity index (χ1v) is 12.2. The Kier molecular flexibility index (Phi) is 7.92. The first-order chi connectivity index (χ1) is 17.0. The SMILES string of the molecule is CCOc1ccc2[nH]c(=O)c(CN(CC3CCCN3CC)C(=O)Nc3ccccc3OC)cc2c1. The molecular weight excluding hydrogens is 444 g/mol. The van der Waals surface area contributed by atoms with E-state index in [1.165, 1.54) is 0 Å². The molecule has 1 unspecified atom stereocenters. The maximum Gasteiger partial charge on any atom is 0.322 e. The standard InChI is InChI=1S/C27H34N4O4/c1-4-30-14-8-9-21(30)18-31(27(33)29-24-10-6-7-11-25(24)34-3)17-20-15-19-16-22(35-5-2)12-13-23(19)28-26(20)32/h6-7,10-13,15-16,21H,4-5,8-9,14,17-18H2,1-3H3,(H,28,32)(H,29,33). The van der Waals surface area contributed by atoms with Crippen LogP contribution in [0.4, 0.5) is 10.5 Å². The van der Waals surface area contributed by atoms with Crippen molar-refractivity contribution in [3.63, 3.8) is 0 Å². The van der Waals surface area contributed by atoms with Crippen LogP contribution in [0, 0.1) is 0 Å². The van der Waals surface area contributed by atoms with Crippen LogP contribution in [-0.2, 0) is 6.54 Å². The number of ether oxygens (including phenoxy) is 2. The number of urea groups is 1. The van der Waals surface area contributed by atoms with Crippen LogP contribution in [0.2, 0.25) is 0 Å². The van der Waals surface area contributed by atoms with Gasteiger partial charge in [-0.15, -0.1) is 0 Å². The largest absolute Gasteiger partial charge is 0.495 e. The third kappa shape index (κ3) is 5.77. The maximum atomic E-state index is 13.5. The molecule has 1 aliphatic rings. The number of para-hydroxylation sites is 2. The lowest BCUT2D eigenvalue weighted by atomic mass is 10.1. The van der Waals surface area contributed by atoms with E-state index in [1.54, 1.807) is 24.1 Å². The molecule has 3 aromatic rings. The Morgan fingerprint density at radius 1 is 1.20 bits per heavy atom. The van der Waals surface area contributed by atoms with Crippen LogP contribution in [0.5, 0.6) is 11.5 Å². The van der Waals surface area contributed by atoms with E-state index in [4.69, 9.17) is 9.47 Å². The number of methoxy groups -OCH3 is 1. The number of likely N-dealkylation sites (tertiary alicyclic amines) is 1. The van der Waals surface area contributed by atoms with Crippen molar-refractivity contribution in [1.29, 1.82) is 0 Å². The molecule has 8 heteroatoms. The van der Waals surface area contributed by atoms with E-state index in [0.717, 1.165) is 42.6 Å². The molecule has 35 heavy (non-hydrogen) atoms. The Morgan fingerprint density at radius 3 is 2.80 bits per heavy atom. The van der Waals surface area contributed by atoms with Crippen LogP contribution in [0.15, 0.2) is 53.3 Å². The van der Waals surface area contributed by atoms with Crippen molar-refractivity contribution in [1.82, 2.24) is 14.8 Å². The van der Waals surface area contributed by atoms with Gasteiger partial charge in [0, 0.05) is 29.1 Å². The Morgan fingerprint density at radius 2 is 2.03 bits per heavy atom. The van der Waals surface area contributed by atoms with E-state index in [1.807, 2.05) is 43.3 Å². The minimum Gasteiger partial charge on any atom is -0.495 e. The average Bonchev–Trinajstić information content (AvgIpc) is 3.32. The molecule has 1 aromatic heterocycles. The van der Waals surface area contributed by atoms with Crippen LogP contribution in [0.3, 0.4) is 0 Å². The molecule has 186 valence electrons. The van der Waals surface area contributed by atoms with Crippen LogP contribution in [0.1, 0.15) is 32.3 Å². The fourth-order valence-corrected chi connectivity index (χ4v) is 4.74. The van der Waals surface area contributed by atoms with Gasteiger partial charge in [0.05, 0.1) is 25.9 Å². The zero-order valence-corrected chi connectivity index (χ0v) is 20.7. The Bertz CT molecular complexity index is 1230. The summed E-state index contributed by atoms with van der Waals surface area (Å²) in [6.07, 6.45) is 2.13. The number of pyridine rings is 1. The van der Waals surface area contributed by atoms with Crippen LogP contribution in [0.25, 0.3) is 10.9 Å². The van der Waals surface area contributed by atoms with E-state index in [9.17, 15) is 9.59 Å². The molecule has 1 aliphatic heterocycles. The summed E-state index contributed by atoms with van der Waals surface area (Å²) >= 11 is 0. The number of H-pyrrole nitrogens is 1. The Labute approximate surface area is 205 Å². The summed E-state index contributed by atoms with van der Waals surface area (Å²) in [6, 6.07) is 14.8. The van der Waals surface area contributed by atoms with E-state index < -0.39 is 0 Å². The zero-order valence-electron chi connectivity index (χ0n) is 20.7. The number of nitrogens with zero attached hydrogens (tertiary/aromatic N) is 2. The number of amides is 2. The number of aromatic nitrogens is 1. The van der Waals surface area contributed by atoms with Crippen LogP contribution in [-0.4, -0.2) is 60.2 Å². The normalized spacial score (nSPS) is 15.8. The number of carbonyl (C=O) groups excluding carboxylic acids is 1. The number of anilines is 1. The number of aromatic amines is 1. The predicted molar refractivity (Wildman–Crippen MR) is 138 cm³/mol. The van der Waals surface area contributed by atoms with Crippen molar-refractivity contribution in [3.8, 4) is 11.5 Å². The summed E-state index contributed by atoms with van der Waals surface area (Å²) in [4.78, 5) is 33.5. The first-order valence-electron chi connectivity index (χ1n) is 12.2. The molecule has 2 amide bonds. The van der Waals surface area contributed by atoms with Crippen LogP contribution >= 0.6 is 0 Å². The summed E-state index contributed by atoms with van der Waals surface area (Å²) in [6.45, 7) is 7.33. The first kappa shape index (κ1) is 24.6. The zero-order chi connectivity index (χ0) is 24.8. The molecule has 4 rings (SSSR count). The van der Waals surface area contributed by atoms with Gasteiger partial charge in [0.2, 0.25) is 0 Å². The van der Waals surface area contributed by atoms with Gasteiger partial charge < -0.3 is 24.7 Å². The van der Waals surface area contributed by atoms with Crippen LogP contribution < -0.4 is 20.3 Å². The molecular formula is C27H34N4O4. The molecule has 8 nitrogen and oxygen atoms in total. The molecule has 2 N–H and O–H groups in total. The highest BCUT2D eigenvalue weighted by molar-refractivity contribution is 5.91. The van der Waals surface area contributed by atoms with Crippen molar-refractivity contribution in [2.45, 2.75) is 39.3 Å². The average molecular weight is 479 g/mol. The number of carbonyl (C=O) groups is 1. The van der Waals surface area contributed by atoms with Gasteiger partial charge in [0.25, 0.3) is 5.56 Å². The summed E-state index contributed by atoms with van der Waals surface area (Å²) in [7, 11) is 1.57. The molecule has 2 aromatic carbocycles. The number of hydrogen-bond acceptors (Lipinski definition) is 5. The van der Waals surface area contributed by atoms with Gasteiger partial charge in [0.1, 0.15) is 11.5 Å². The minimum atomic E-state index is -0.264. The number of nitrogens with one attached hydrogen (secondary N) is 2. The van der Waals surface area contributed by atoms with Gasteiger partial charge in [0.15, 0.2) is 0 Å². The van der Waals surface area contributed by atoms with Crippen molar-refractivity contribution in [2.75, 3.05) is 38.7 Å². The minimum absolute atomic E-state index is 0.194. The number of fused-ring (bicyclic) bond motifs is 1. The lowest BCUT2D eigenvalue weighted by molar-refractivity contribution is 0.174. The smallest absolute Gasteiger partial charge is 0.322 e. The second-order valence-electron chi connectivity index (χ2n) is 8.74. The number of rotatable bonds is 9. The molecule has 0 saturated carbocycles. The van der Waals surface area contributed by atoms with Gasteiger partial charge in [-0.05, 0) is 69.3 Å². The molecule has 0 bridgehead atoms. The van der Waals surface area contributed by atoms with Gasteiger partial charge in [-0.25, -0.2) is 4.79 Å². The molecule has 1 fully saturated rings. The monoisotopic (exact) mass is 478 g/mol. The predicted octanol–water partition coefficient (Wildman–Crippen LogP) is 4.45. The second-order valence-corrected chi connectivity index (χ2v) is 8.74. The fourth-order valence-electron chi connectivity index (χ4n) is 4.74. The molecule has 2 heterocycles. The number of benzene rings is 2. The van der Waals surface area contributed by atoms with Gasteiger partial charge in [-0.2, -0.15) is 0 Å². The third-order valence-corrected chi connectivity index (χ3v) is 6.54. The Hall–Kier alpha value is -3.52. The highest BCUT2D eigenvalue weighted by atomic mass is 16.5. The van der Waals surface area contributed by atoms with E-state index in [2.05, 4.69) is 22.1 Å². The highest BCUT2D eigenvalue weighted by Gasteiger charge is 2.28. The summed E-state index contributed by atoms with van der Waals surface area (Å²) in [5.41, 5.74) is 1.66. The van der Waals surface area contributed by atoms with E-state index in [-0.39, 0.29) is 24.2 Å². The van der Waals surface area contributed by atoms with Gasteiger partial charge in [-0.1, -0.05) is 19.1 Å². The second kappa shape index (κ2) is 11.3. The van der Waals surface area contributed by atoms with Crippen molar-refractivity contribution in [2.24, 2.45) is 0 Å². The van der Waals surface area contributed by atoms with Crippen molar-refractivity contribution < 1.29 is 14.3 Å². The molecule has 1 atom stereocenters. The molecule has 0 radical (unpaired) electrons. The molecule has 0 spiro atoms. The number of hydrogen-bond donors (Lipinski definition) is 2. The van der Waals surface area contributed by atoms with Crippen molar-refractivity contribution in [3.05, 3.63) is 64.4 Å². The van der Waals surface area contributed by atoms with Gasteiger partial charge >= 0.3 is 6.03 Å². The lowest BCUT2D eigenvalue weighted by Crippen LogP contribution is -2.45. The Balaban J connectivity index is 1.63. The van der Waals surface area contributed by atoms with E-state index in [0.29, 0.717) is 30.2 Å². The topological polar surface area (TPSA) is 86.9 Å². The summed E-state index contributed by atoms with van der Waals surface area (Å²) in [5, 5.41) is 3.85. The number of likely N-dealkylation sites (N-methyl/N-ethyl adjacent to an activating group) is 1. The highest BCUT2D eigenvalue weighted by Crippen LogP contribution is 2.25. The van der Waals surface area contributed by atoms with Crippen molar-refractivity contribution >= 4 is 22.6 Å². The molecule has 0 aliphatic carbocycles. The van der Waals surface area contributed by atoms with Gasteiger partial charge in [-0.3, -0.25) is 9.69 Å². The summed E-state index contributed by atoms with van der Waals surface area (Å²) in [5.74, 6) is 1.33.